The fourth-order valence-corrected chi connectivity index (χ4v) is 3.51. The van der Waals surface area contributed by atoms with E-state index in [-0.39, 0.29) is 23.4 Å². The van der Waals surface area contributed by atoms with Crippen LogP contribution in [0.2, 0.25) is 0 Å². The van der Waals surface area contributed by atoms with Gasteiger partial charge in [0.1, 0.15) is 5.82 Å². The van der Waals surface area contributed by atoms with Crippen LogP contribution in [0.4, 0.5) is 32.0 Å². The Balaban J connectivity index is 1.51. The van der Waals surface area contributed by atoms with E-state index in [1.165, 1.54) is 36.9 Å². The Labute approximate surface area is 201 Å². The maximum absolute atomic E-state index is 13.5. The summed E-state index contributed by atoms with van der Waals surface area (Å²) in [6, 6.07) is 9.57. The van der Waals surface area contributed by atoms with Crippen LogP contribution in [0.15, 0.2) is 73.3 Å². The van der Waals surface area contributed by atoms with Gasteiger partial charge < -0.3 is 5.32 Å². The molecule has 0 bridgehead atoms. The standard InChI is InChI=1S/C25H18F6N4O/c1-24(27,28)19-5-2-16(22(9-19)25(29,30)31)13-35-14-21(12-33-35)34-23(36)18-8-17(10-32-11-18)15-3-6-20(26)7-4-15/h2-12,14H,13H2,1H3,(H,34,36). The molecular weight excluding hydrogens is 486 g/mol. The molecule has 0 aliphatic carbocycles. The van der Waals surface area contributed by atoms with Crippen molar-refractivity contribution >= 4 is 11.6 Å². The third-order valence-corrected chi connectivity index (χ3v) is 5.32. The number of pyridine rings is 1. The minimum Gasteiger partial charge on any atom is -0.319 e. The summed E-state index contributed by atoms with van der Waals surface area (Å²) in [5.74, 6) is -4.37. The molecule has 0 unspecified atom stereocenters. The first-order valence-electron chi connectivity index (χ1n) is 10.5. The van der Waals surface area contributed by atoms with E-state index in [0.29, 0.717) is 24.1 Å². The first-order valence-corrected chi connectivity index (χ1v) is 10.5. The maximum atomic E-state index is 13.5. The van der Waals surface area contributed by atoms with E-state index >= 15 is 0 Å². The summed E-state index contributed by atoms with van der Waals surface area (Å²) in [6.07, 6.45) is 0.561. The lowest BCUT2D eigenvalue weighted by Crippen LogP contribution is -2.15. The smallest absolute Gasteiger partial charge is 0.319 e. The first-order chi connectivity index (χ1) is 16.9. The molecule has 4 rings (SSSR count). The number of amides is 1. The molecule has 0 radical (unpaired) electrons. The van der Waals surface area contributed by atoms with Gasteiger partial charge in [0, 0.05) is 36.6 Å². The Morgan fingerprint density at radius 3 is 2.33 bits per heavy atom. The van der Waals surface area contributed by atoms with Crippen molar-refractivity contribution < 1.29 is 31.1 Å². The van der Waals surface area contributed by atoms with Crippen LogP contribution in [0, 0.1) is 5.82 Å². The van der Waals surface area contributed by atoms with Crippen molar-refractivity contribution in [3.05, 3.63) is 101 Å². The van der Waals surface area contributed by atoms with Gasteiger partial charge in [0.2, 0.25) is 0 Å². The Morgan fingerprint density at radius 2 is 1.67 bits per heavy atom. The molecule has 0 spiro atoms. The summed E-state index contributed by atoms with van der Waals surface area (Å²) in [6.45, 7) is 0.164. The molecular formula is C25H18F6N4O. The van der Waals surface area contributed by atoms with E-state index in [4.69, 9.17) is 0 Å². The summed E-state index contributed by atoms with van der Waals surface area (Å²) in [7, 11) is 0. The maximum Gasteiger partial charge on any atom is 0.416 e. The van der Waals surface area contributed by atoms with Gasteiger partial charge in [-0.05, 0) is 35.4 Å². The molecule has 0 atom stereocenters. The van der Waals surface area contributed by atoms with Crippen molar-refractivity contribution in [2.24, 2.45) is 0 Å². The number of carbonyl (C=O) groups excluding carboxylic acids is 1. The molecule has 36 heavy (non-hydrogen) atoms. The number of benzene rings is 2. The van der Waals surface area contributed by atoms with Gasteiger partial charge in [0.15, 0.2) is 0 Å². The SMILES string of the molecule is CC(F)(F)c1ccc(Cn2cc(NC(=O)c3cncc(-c4ccc(F)cc4)c3)cn2)c(C(F)(F)F)c1. The number of hydrogen-bond acceptors (Lipinski definition) is 3. The van der Waals surface area contributed by atoms with Gasteiger partial charge >= 0.3 is 6.18 Å². The molecule has 2 aromatic carbocycles. The van der Waals surface area contributed by atoms with Gasteiger partial charge in [-0.25, -0.2) is 13.2 Å². The second-order valence-corrected chi connectivity index (χ2v) is 8.11. The molecule has 0 aliphatic rings. The van der Waals surface area contributed by atoms with E-state index < -0.39 is 35.0 Å². The Bertz CT molecular complexity index is 1390. The van der Waals surface area contributed by atoms with Crippen molar-refractivity contribution in [1.29, 1.82) is 0 Å². The van der Waals surface area contributed by atoms with Crippen molar-refractivity contribution in [2.45, 2.75) is 25.6 Å². The van der Waals surface area contributed by atoms with Crippen LogP contribution in [-0.4, -0.2) is 20.7 Å². The van der Waals surface area contributed by atoms with E-state index in [1.54, 1.807) is 18.2 Å². The van der Waals surface area contributed by atoms with Crippen LogP contribution in [0.5, 0.6) is 0 Å². The topological polar surface area (TPSA) is 59.8 Å². The van der Waals surface area contributed by atoms with Gasteiger partial charge in [-0.1, -0.05) is 24.3 Å². The molecule has 5 nitrogen and oxygen atoms in total. The number of aromatic nitrogens is 3. The molecule has 11 heteroatoms. The minimum atomic E-state index is -4.84. The van der Waals surface area contributed by atoms with Gasteiger partial charge in [-0.2, -0.15) is 18.3 Å². The van der Waals surface area contributed by atoms with Crippen LogP contribution in [0.1, 0.15) is 34.0 Å². The second kappa shape index (κ2) is 9.48. The lowest BCUT2D eigenvalue weighted by atomic mass is 10.0. The molecule has 4 aromatic rings. The van der Waals surface area contributed by atoms with Gasteiger partial charge in [-0.3, -0.25) is 14.5 Å². The Morgan fingerprint density at radius 1 is 0.944 bits per heavy atom. The van der Waals surface area contributed by atoms with Crippen molar-refractivity contribution in [3.63, 3.8) is 0 Å². The zero-order valence-corrected chi connectivity index (χ0v) is 18.7. The summed E-state index contributed by atoms with van der Waals surface area (Å²) in [4.78, 5) is 16.7. The fraction of sp³-hybridized carbons (Fsp3) is 0.160. The van der Waals surface area contributed by atoms with E-state index in [2.05, 4.69) is 15.4 Å². The van der Waals surface area contributed by atoms with E-state index in [9.17, 15) is 31.1 Å². The first kappa shape index (κ1) is 25.0. The minimum absolute atomic E-state index is 0.194. The third kappa shape index (κ3) is 5.73. The molecule has 0 fully saturated rings. The molecule has 0 saturated heterocycles. The third-order valence-electron chi connectivity index (χ3n) is 5.32. The van der Waals surface area contributed by atoms with Crippen molar-refractivity contribution in [1.82, 2.24) is 14.8 Å². The average Bonchev–Trinajstić information content (AvgIpc) is 3.25. The summed E-state index contributed by atoms with van der Waals surface area (Å²) in [5.41, 5.74) is -0.558. The zero-order chi connectivity index (χ0) is 26.1. The molecule has 2 heterocycles. The molecule has 1 amide bonds. The second-order valence-electron chi connectivity index (χ2n) is 8.11. The summed E-state index contributed by atoms with van der Waals surface area (Å²) >= 11 is 0. The number of alkyl halides is 5. The van der Waals surface area contributed by atoms with Gasteiger partial charge in [0.25, 0.3) is 11.8 Å². The Kier molecular flexibility index (Phi) is 6.57. The number of hydrogen-bond donors (Lipinski definition) is 1. The lowest BCUT2D eigenvalue weighted by Gasteiger charge is -2.17. The van der Waals surface area contributed by atoms with Gasteiger partial charge in [0.05, 0.1) is 29.6 Å². The summed E-state index contributed by atoms with van der Waals surface area (Å²) < 4.78 is 81.9. The van der Waals surface area contributed by atoms with Crippen LogP contribution in [0.3, 0.4) is 0 Å². The predicted octanol–water partition coefficient (Wildman–Crippen LogP) is 6.52. The number of nitrogens with zero attached hydrogens (tertiary/aromatic N) is 3. The van der Waals surface area contributed by atoms with Crippen molar-refractivity contribution in [3.8, 4) is 11.1 Å². The quantitative estimate of drug-likeness (QED) is 0.305. The largest absolute Gasteiger partial charge is 0.416 e. The molecule has 2 aromatic heterocycles. The van der Waals surface area contributed by atoms with Crippen LogP contribution in [-0.2, 0) is 18.6 Å². The van der Waals surface area contributed by atoms with Crippen LogP contribution in [0.25, 0.3) is 11.1 Å². The normalized spacial score (nSPS) is 12.0. The highest BCUT2D eigenvalue weighted by molar-refractivity contribution is 6.04. The fourth-order valence-electron chi connectivity index (χ4n) is 3.51. The molecule has 0 saturated carbocycles. The number of anilines is 1. The van der Waals surface area contributed by atoms with E-state index in [0.717, 1.165) is 16.8 Å². The van der Waals surface area contributed by atoms with Gasteiger partial charge in [-0.15, -0.1) is 0 Å². The number of halogens is 6. The highest BCUT2D eigenvalue weighted by atomic mass is 19.4. The van der Waals surface area contributed by atoms with Crippen LogP contribution >= 0.6 is 0 Å². The zero-order valence-electron chi connectivity index (χ0n) is 18.7. The molecule has 186 valence electrons. The summed E-state index contributed by atoms with van der Waals surface area (Å²) in [5, 5.41) is 6.54. The predicted molar refractivity (Wildman–Crippen MR) is 120 cm³/mol. The van der Waals surface area contributed by atoms with E-state index in [1.807, 2.05) is 0 Å². The molecule has 1 N–H and O–H groups in total. The number of nitrogens with one attached hydrogen (secondary N) is 1. The highest BCUT2D eigenvalue weighted by Crippen LogP contribution is 2.37. The highest BCUT2D eigenvalue weighted by Gasteiger charge is 2.36. The lowest BCUT2D eigenvalue weighted by molar-refractivity contribution is -0.138. The number of rotatable bonds is 6. The van der Waals surface area contributed by atoms with Crippen LogP contribution < -0.4 is 5.32 Å². The number of carbonyl (C=O) groups is 1. The van der Waals surface area contributed by atoms with Crippen molar-refractivity contribution in [2.75, 3.05) is 5.32 Å². The molecule has 0 aliphatic heterocycles. The average molecular weight is 504 g/mol. The monoisotopic (exact) mass is 504 g/mol. The Hall–Kier alpha value is -4.15.